The van der Waals surface area contributed by atoms with Gasteiger partial charge in [-0.25, -0.2) is 0 Å². The number of hydrogen-bond donors (Lipinski definition) is 3. The molecule has 1 fully saturated rings. The van der Waals surface area contributed by atoms with Crippen molar-refractivity contribution in [2.24, 2.45) is 11.1 Å². The van der Waals surface area contributed by atoms with Crippen LogP contribution < -0.4 is 24.7 Å². The maximum Gasteiger partial charge on any atom is 0.239 e. The van der Waals surface area contributed by atoms with Crippen LogP contribution in [0.1, 0.15) is 64.7 Å². The van der Waals surface area contributed by atoms with E-state index in [1.165, 1.54) is 33.3 Å². The number of methoxy groups -OCH3 is 4. The average molecular weight is 807 g/mol. The standard InChI is InChI=1S/C50H50N2O8/c1-57-40-28-15-11-24-36(40)49(55,37-25-12-16-29-41(37)58-2)44(34-20-7-5-8-21-34)52(47(54)48(46(51)53)32-19-33-48)45(35-22-9-6-10-23-35)50(56,38-26-13-17-30-42(38)59-3)39-27-14-18-31-43(39)60-4/h5-18,20-31,44-45,55-56H,19,32-33H2,1-4H3,(H2,51,53). The maximum absolute atomic E-state index is 16.4. The van der Waals surface area contributed by atoms with Crippen LogP contribution in [0.5, 0.6) is 23.0 Å². The van der Waals surface area contributed by atoms with Crippen molar-refractivity contribution in [2.45, 2.75) is 42.5 Å². The van der Waals surface area contributed by atoms with Crippen molar-refractivity contribution in [3.8, 4) is 23.0 Å². The zero-order chi connectivity index (χ0) is 42.5. The van der Waals surface area contributed by atoms with Gasteiger partial charge >= 0.3 is 0 Å². The molecular formula is C50H50N2O8. The lowest BCUT2D eigenvalue weighted by molar-refractivity contribution is -0.174. The molecule has 1 saturated carbocycles. The van der Waals surface area contributed by atoms with Gasteiger partial charge in [0.2, 0.25) is 11.8 Å². The highest BCUT2D eigenvalue weighted by Gasteiger charge is 2.61. The third-order valence-corrected chi connectivity index (χ3v) is 12.0. The summed E-state index contributed by atoms with van der Waals surface area (Å²) in [6.07, 6.45) is 0.870. The largest absolute Gasteiger partial charge is 0.496 e. The smallest absolute Gasteiger partial charge is 0.239 e. The minimum Gasteiger partial charge on any atom is -0.496 e. The summed E-state index contributed by atoms with van der Waals surface area (Å²) in [7, 11) is 6.03. The predicted octanol–water partition coefficient (Wildman–Crippen LogP) is 7.86. The minimum atomic E-state index is -2.24. The molecule has 2 amide bonds. The number of rotatable bonds is 16. The number of nitrogens with zero attached hydrogens (tertiary/aromatic N) is 1. The van der Waals surface area contributed by atoms with Crippen molar-refractivity contribution in [2.75, 3.05) is 28.4 Å². The quantitative estimate of drug-likeness (QED) is 0.0841. The summed E-state index contributed by atoms with van der Waals surface area (Å²) in [5.74, 6) is -0.238. The van der Waals surface area contributed by atoms with Gasteiger partial charge in [0.1, 0.15) is 39.6 Å². The molecule has 6 aromatic rings. The molecule has 2 atom stereocenters. The molecule has 0 radical (unpaired) electrons. The van der Waals surface area contributed by atoms with E-state index in [-0.39, 0.29) is 35.1 Å². The van der Waals surface area contributed by atoms with Crippen LogP contribution >= 0.6 is 0 Å². The number of amides is 2. The first-order valence-electron chi connectivity index (χ1n) is 19.8. The Morgan fingerprint density at radius 3 is 1.05 bits per heavy atom. The summed E-state index contributed by atoms with van der Waals surface area (Å²) in [6, 6.07) is 43.4. The van der Waals surface area contributed by atoms with E-state index in [0.29, 0.717) is 40.5 Å². The van der Waals surface area contributed by atoms with E-state index in [0.717, 1.165) is 0 Å². The molecule has 1 aliphatic carbocycles. The Balaban J connectivity index is 1.73. The van der Waals surface area contributed by atoms with Crippen LogP contribution in [0.25, 0.3) is 0 Å². The lowest BCUT2D eigenvalue weighted by atomic mass is 9.64. The molecule has 308 valence electrons. The van der Waals surface area contributed by atoms with E-state index in [1.807, 2.05) is 60.7 Å². The lowest BCUT2D eigenvalue weighted by Gasteiger charge is -2.54. The highest BCUT2D eigenvalue weighted by atomic mass is 16.5. The Hall–Kier alpha value is -6.62. The number of ether oxygens (including phenoxy) is 4. The number of carbonyl (C=O) groups excluding carboxylic acids is 2. The molecule has 60 heavy (non-hydrogen) atoms. The fraction of sp³-hybridized carbons (Fsp3) is 0.240. The van der Waals surface area contributed by atoms with Crippen molar-refractivity contribution in [3.05, 3.63) is 191 Å². The van der Waals surface area contributed by atoms with Crippen molar-refractivity contribution in [1.29, 1.82) is 0 Å². The second-order valence-corrected chi connectivity index (χ2v) is 15.0. The molecule has 7 rings (SSSR count). The van der Waals surface area contributed by atoms with Crippen LogP contribution in [0.15, 0.2) is 158 Å². The molecular weight excluding hydrogens is 757 g/mol. The van der Waals surface area contributed by atoms with Crippen LogP contribution in [-0.4, -0.2) is 55.4 Å². The Kier molecular flexibility index (Phi) is 12.0. The molecule has 2 unspecified atom stereocenters. The van der Waals surface area contributed by atoms with Crippen molar-refractivity contribution < 1.29 is 38.7 Å². The zero-order valence-electron chi connectivity index (χ0n) is 34.2. The van der Waals surface area contributed by atoms with E-state index in [1.54, 1.807) is 97.1 Å². The fourth-order valence-electron chi connectivity index (χ4n) is 8.92. The molecule has 4 N–H and O–H groups in total. The number of para-hydroxylation sites is 4. The van der Waals surface area contributed by atoms with Gasteiger partial charge in [0.15, 0.2) is 0 Å². The van der Waals surface area contributed by atoms with Crippen LogP contribution in [0.3, 0.4) is 0 Å². The van der Waals surface area contributed by atoms with Gasteiger partial charge in [-0.1, -0.05) is 140 Å². The molecule has 0 spiro atoms. The van der Waals surface area contributed by atoms with Gasteiger partial charge in [0, 0.05) is 22.3 Å². The Labute approximate surface area is 350 Å². The van der Waals surface area contributed by atoms with Gasteiger partial charge in [-0.05, 0) is 48.2 Å². The van der Waals surface area contributed by atoms with Crippen molar-refractivity contribution in [1.82, 2.24) is 4.90 Å². The predicted molar refractivity (Wildman–Crippen MR) is 229 cm³/mol. The number of benzene rings is 6. The third-order valence-electron chi connectivity index (χ3n) is 12.0. The first kappa shape index (κ1) is 41.5. The summed E-state index contributed by atoms with van der Waals surface area (Å²) in [5.41, 5.74) is 2.20. The van der Waals surface area contributed by atoms with E-state index < -0.39 is 40.5 Å². The topological polar surface area (TPSA) is 141 Å². The second kappa shape index (κ2) is 17.3. The molecule has 6 aromatic carbocycles. The van der Waals surface area contributed by atoms with Crippen LogP contribution in [-0.2, 0) is 20.8 Å². The molecule has 0 saturated heterocycles. The Morgan fingerprint density at radius 1 is 0.517 bits per heavy atom. The van der Waals surface area contributed by atoms with Gasteiger partial charge in [0.05, 0.1) is 40.5 Å². The minimum absolute atomic E-state index is 0.157. The molecule has 1 aliphatic rings. The first-order chi connectivity index (χ1) is 29.1. The number of hydrogen-bond acceptors (Lipinski definition) is 8. The van der Waals surface area contributed by atoms with E-state index >= 15 is 4.79 Å². The number of nitrogens with two attached hydrogens (primary N) is 1. The van der Waals surface area contributed by atoms with Gasteiger partial charge in [-0.15, -0.1) is 0 Å². The van der Waals surface area contributed by atoms with Crippen LogP contribution in [0.4, 0.5) is 0 Å². The molecule has 0 aliphatic heterocycles. The molecule has 0 heterocycles. The van der Waals surface area contributed by atoms with E-state index in [9.17, 15) is 15.0 Å². The number of aliphatic hydroxyl groups is 2. The fourth-order valence-corrected chi connectivity index (χ4v) is 8.92. The highest BCUT2D eigenvalue weighted by Crippen LogP contribution is 2.59. The lowest BCUT2D eigenvalue weighted by Crippen LogP contribution is -2.61. The highest BCUT2D eigenvalue weighted by molar-refractivity contribution is 6.05. The summed E-state index contributed by atoms with van der Waals surface area (Å²) >= 11 is 0. The zero-order valence-corrected chi connectivity index (χ0v) is 34.2. The summed E-state index contributed by atoms with van der Waals surface area (Å²) < 4.78 is 24.0. The number of carbonyl (C=O) groups is 2. The van der Waals surface area contributed by atoms with Crippen LogP contribution in [0, 0.1) is 5.41 Å². The Bertz CT molecular complexity index is 2190. The summed E-state index contributed by atoms with van der Waals surface area (Å²) in [4.78, 5) is 31.8. The van der Waals surface area contributed by atoms with Gasteiger partial charge in [-0.3, -0.25) is 9.59 Å². The SMILES string of the molecule is COc1ccccc1C(O)(c1ccccc1OC)C(c1ccccc1)N(C(=O)C1(C(N)=O)CCC1)C(c1ccccc1)C(O)(c1ccccc1OC)c1ccccc1OC. The normalized spacial score (nSPS) is 14.5. The van der Waals surface area contributed by atoms with Crippen molar-refractivity contribution in [3.63, 3.8) is 0 Å². The second-order valence-electron chi connectivity index (χ2n) is 15.0. The third kappa shape index (κ3) is 6.91. The average Bonchev–Trinajstić information content (AvgIpc) is 3.28. The first-order valence-corrected chi connectivity index (χ1v) is 19.8. The summed E-state index contributed by atoms with van der Waals surface area (Å²) in [5, 5.41) is 28.8. The summed E-state index contributed by atoms with van der Waals surface area (Å²) in [6.45, 7) is 0. The van der Waals surface area contributed by atoms with E-state index in [4.69, 9.17) is 24.7 Å². The van der Waals surface area contributed by atoms with Gasteiger partial charge in [0.25, 0.3) is 0 Å². The van der Waals surface area contributed by atoms with Gasteiger partial charge < -0.3 is 39.8 Å². The van der Waals surface area contributed by atoms with Gasteiger partial charge in [-0.2, -0.15) is 0 Å². The maximum atomic E-state index is 16.4. The molecule has 10 nitrogen and oxygen atoms in total. The Morgan fingerprint density at radius 2 is 0.800 bits per heavy atom. The number of primary amides is 1. The van der Waals surface area contributed by atoms with Crippen LogP contribution in [0.2, 0.25) is 0 Å². The van der Waals surface area contributed by atoms with Crippen molar-refractivity contribution >= 4 is 11.8 Å². The monoisotopic (exact) mass is 806 g/mol. The molecule has 10 heteroatoms. The molecule has 0 bridgehead atoms. The van der Waals surface area contributed by atoms with E-state index in [2.05, 4.69) is 0 Å². The molecule has 0 aromatic heterocycles.